The van der Waals surface area contributed by atoms with E-state index in [1.54, 1.807) is 36.4 Å². The Morgan fingerprint density at radius 3 is 2.48 bits per heavy atom. The molecule has 3 N–H and O–H groups in total. The monoisotopic (exact) mass is 283 g/mol. The van der Waals surface area contributed by atoms with E-state index in [0.717, 1.165) is 0 Å². The van der Waals surface area contributed by atoms with Crippen LogP contribution in [0.2, 0.25) is 0 Å². The highest BCUT2D eigenvalue weighted by molar-refractivity contribution is 6.19. The number of aliphatic imine (C=N–C) groups is 1. The lowest BCUT2D eigenvalue weighted by Gasteiger charge is -2.10. The number of rotatable bonds is 2. The fourth-order valence-electron chi connectivity index (χ4n) is 2.33. The molecule has 1 aliphatic heterocycles. The fourth-order valence-corrected chi connectivity index (χ4v) is 2.33. The van der Waals surface area contributed by atoms with E-state index in [9.17, 15) is 9.18 Å². The number of hydrogen-bond acceptors (Lipinski definition) is 3. The second-order valence-electron chi connectivity index (χ2n) is 4.74. The number of nitrogens with one attached hydrogen (secondary N) is 1. The Hall–Kier alpha value is -2.53. The highest BCUT2D eigenvalue weighted by Gasteiger charge is 2.25. The van der Waals surface area contributed by atoms with E-state index in [4.69, 9.17) is 5.73 Å². The third-order valence-electron chi connectivity index (χ3n) is 3.38. The van der Waals surface area contributed by atoms with Gasteiger partial charge in [0.15, 0.2) is 0 Å². The topological polar surface area (TPSA) is 67.5 Å². The summed E-state index contributed by atoms with van der Waals surface area (Å²) in [5, 5.41) is 2.79. The lowest BCUT2D eigenvalue weighted by Crippen LogP contribution is -2.32. The van der Waals surface area contributed by atoms with Gasteiger partial charge < -0.3 is 11.1 Å². The van der Waals surface area contributed by atoms with Crippen LogP contribution in [0, 0.1) is 5.82 Å². The largest absolute Gasteiger partial charge is 0.328 e. The second kappa shape index (κ2) is 5.46. The molecule has 0 fully saturated rings. The lowest BCUT2D eigenvalue weighted by molar-refractivity contribution is -0.117. The summed E-state index contributed by atoms with van der Waals surface area (Å²) in [6.07, 6.45) is 0. The molecular formula is C16H14FN3O. The van der Waals surface area contributed by atoms with Gasteiger partial charge in [-0.2, -0.15) is 0 Å². The van der Waals surface area contributed by atoms with Gasteiger partial charge in [0, 0.05) is 17.7 Å². The Kier molecular flexibility index (Phi) is 3.50. The summed E-state index contributed by atoms with van der Waals surface area (Å²) in [6, 6.07) is 12.8. The molecule has 1 aliphatic rings. The van der Waals surface area contributed by atoms with Gasteiger partial charge in [0.1, 0.15) is 11.9 Å². The van der Waals surface area contributed by atoms with E-state index in [0.29, 0.717) is 22.5 Å². The van der Waals surface area contributed by atoms with Crippen molar-refractivity contribution in [2.75, 3.05) is 11.9 Å². The minimum absolute atomic E-state index is 0.0672. The van der Waals surface area contributed by atoms with E-state index >= 15 is 0 Å². The van der Waals surface area contributed by atoms with Crippen molar-refractivity contribution in [3.05, 3.63) is 65.5 Å². The Labute approximate surface area is 121 Å². The summed E-state index contributed by atoms with van der Waals surface area (Å²) < 4.78 is 14.1. The molecule has 2 aromatic rings. The average Bonchev–Trinajstić information content (AvgIpc) is 2.64. The van der Waals surface area contributed by atoms with Crippen LogP contribution in [0.3, 0.4) is 0 Å². The van der Waals surface area contributed by atoms with E-state index < -0.39 is 6.04 Å². The SMILES string of the molecule is NCC1N=C(c2ccccc2F)c2ccccc2NC1=O. The quantitative estimate of drug-likeness (QED) is 0.884. The number of nitrogens with zero attached hydrogens (tertiary/aromatic N) is 1. The number of benzene rings is 2. The summed E-state index contributed by atoms with van der Waals surface area (Å²) in [5.74, 6) is -0.660. The first-order valence-electron chi connectivity index (χ1n) is 6.63. The summed E-state index contributed by atoms with van der Waals surface area (Å²) in [7, 11) is 0. The molecule has 0 saturated carbocycles. The van der Waals surface area contributed by atoms with Gasteiger partial charge in [0.2, 0.25) is 0 Å². The molecule has 1 amide bonds. The van der Waals surface area contributed by atoms with Gasteiger partial charge >= 0.3 is 0 Å². The maximum atomic E-state index is 14.1. The fraction of sp³-hybridized carbons (Fsp3) is 0.125. The number of halogens is 1. The van der Waals surface area contributed by atoms with Crippen LogP contribution < -0.4 is 11.1 Å². The van der Waals surface area contributed by atoms with Crippen molar-refractivity contribution in [2.24, 2.45) is 10.7 Å². The number of hydrogen-bond donors (Lipinski definition) is 2. The van der Waals surface area contributed by atoms with Crippen LogP contribution in [0.5, 0.6) is 0 Å². The normalized spacial score (nSPS) is 17.5. The van der Waals surface area contributed by atoms with Crippen molar-refractivity contribution >= 4 is 17.3 Å². The predicted molar refractivity (Wildman–Crippen MR) is 80.0 cm³/mol. The smallest absolute Gasteiger partial charge is 0.250 e. The van der Waals surface area contributed by atoms with Gasteiger partial charge in [-0.1, -0.05) is 30.3 Å². The highest BCUT2D eigenvalue weighted by atomic mass is 19.1. The van der Waals surface area contributed by atoms with Crippen LogP contribution in [0.15, 0.2) is 53.5 Å². The highest BCUT2D eigenvalue weighted by Crippen LogP contribution is 2.25. The molecule has 0 aliphatic carbocycles. The molecule has 0 saturated heterocycles. The number of nitrogens with two attached hydrogens (primary N) is 1. The zero-order chi connectivity index (χ0) is 14.8. The van der Waals surface area contributed by atoms with Crippen molar-refractivity contribution < 1.29 is 9.18 Å². The van der Waals surface area contributed by atoms with Crippen LogP contribution in [-0.2, 0) is 4.79 Å². The van der Waals surface area contributed by atoms with Gasteiger partial charge in [0.25, 0.3) is 5.91 Å². The van der Waals surface area contributed by atoms with Crippen LogP contribution in [-0.4, -0.2) is 24.2 Å². The first kappa shape index (κ1) is 13.5. The Morgan fingerprint density at radius 1 is 1.10 bits per heavy atom. The van der Waals surface area contributed by atoms with Crippen molar-refractivity contribution in [2.45, 2.75) is 6.04 Å². The second-order valence-corrected chi connectivity index (χ2v) is 4.74. The minimum atomic E-state index is -0.730. The molecule has 1 unspecified atom stereocenters. The van der Waals surface area contributed by atoms with Gasteiger partial charge in [-0.05, 0) is 18.2 Å². The molecule has 4 nitrogen and oxygen atoms in total. The molecule has 1 heterocycles. The van der Waals surface area contributed by atoms with Gasteiger partial charge in [0.05, 0.1) is 11.4 Å². The Morgan fingerprint density at radius 2 is 1.76 bits per heavy atom. The zero-order valence-corrected chi connectivity index (χ0v) is 11.2. The third kappa shape index (κ3) is 2.43. The van der Waals surface area contributed by atoms with Crippen LogP contribution in [0.4, 0.5) is 10.1 Å². The summed E-state index contributed by atoms with van der Waals surface area (Å²) >= 11 is 0. The van der Waals surface area contributed by atoms with Crippen LogP contribution in [0.1, 0.15) is 11.1 Å². The molecular weight excluding hydrogens is 269 g/mol. The van der Waals surface area contributed by atoms with E-state index in [1.807, 2.05) is 6.07 Å². The minimum Gasteiger partial charge on any atom is -0.328 e. The molecule has 0 bridgehead atoms. The maximum Gasteiger partial charge on any atom is 0.250 e. The number of para-hydroxylation sites is 1. The maximum absolute atomic E-state index is 14.1. The van der Waals surface area contributed by atoms with Crippen LogP contribution >= 0.6 is 0 Å². The van der Waals surface area contributed by atoms with Crippen molar-refractivity contribution in [3.63, 3.8) is 0 Å². The van der Waals surface area contributed by atoms with Crippen LogP contribution in [0.25, 0.3) is 0 Å². The number of carbonyl (C=O) groups excluding carboxylic acids is 1. The summed E-state index contributed by atoms with van der Waals surface area (Å²) in [4.78, 5) is 16.5. The number of fused-ring (bicyclic) bond motifs is 1. The molecule has 3 rings (SSSR count). The molecule has 0 aromatic heterocycles. The van der Waals surface area contributed by atoms with Crippen molar-refractivity contribution in [3.8, 4) is 0 Å². The average molecular weight is 283 g/mol. The number of amides is 1. The van der Waals surface area contributed by atoms with Crippen molar-refractivity contribution in [1.29, 1.82) is 0 Å². The standard InChI is InChI=1S/C16H14FN3O/c17-12-7-3-1-5-10(12)15-11-6-2-4-8-13(11)20-16(21)14(9-18)19-15/h1-8,14H,9,18H2,(H,20,21). The lowest BCUT2D eigenvalue weighted by atomic mass is 10.00. The molecule has 2 aromatic carbocycles. The summed E-state index contributed by atoms with van der Waals surface area (Å²) in [5.41, 5.74) is 7.72. The molecule has 5 heteroatoms. The molecule has 0 spiro atoms. The third-order valence-corrected chi connectivity index (χ3v) is 3.38. The molecule has 21 heavy (non-hydrogen) atoms. The first-order chi connectivity index (χ1) is 10.2. The van der Waals surface area contributed by atoms with E-state index in [1.165, 1.54) is 6.07 Å². The number of carbonyl (C=O) groups is 1. The van der Waals surface area contributed by atoms with Crippen molar-refractivity contribution in [1.82, 2.24) is 0 Å². The molecule has 0 radical (unpaired) electrons. The van der Waals surface area contributed by atoms with Gasteiger partial charge in [-0.15, -0.1) is 0 Å². The summed E-state index contributed by atoms with van der Waals surface area (Å²) in [6.45, 7) is 0.0672. The zero-order valence-electron chi connectivity index (χ0n) is 11.2. The predicted octanol–water partition coefficient (Wildman–Crippen LogP) is 1.94. The Balaban J connectivity index is 2.24. The van der Waals surface area contributed by atoms with Gasteiger partial charge in [-0.25, -0.2) is 4.39 Å². The molecule has 1 atom stereocenters. The van der Waals surface area contributed by atoms with E-state index in [-0.39, 0.29) is 18.3 Å². The van der Waals surface area contributed by atoms with E-state index in [2.05, 4.69) is 10.3 Å². The Bertz CT molecular complexity index is 727. The van der Waals surface area contributed by atoms with Gasteiger partial charge in [-0.3, -0.25) is 9.79 Å². The molecule has 106 valence electrons. The first-order valence-corrected chi connectivity index (χ1v) is 6.63. The number of benzodiazepines with no additional fused rings is 1. The number of anilines is 1.